The van der Waals surface area contributed by atoms with E-state index in [0.29, 0.717) is 12.2 Å². The van der Waals surface area contributed by atoms with Gasteiger partial charge in [0.25, 0.3) is 0 Å². The zero-order valence-electron chi connectivity index (χ0n) is 14.7. The number of aryl methyl sites for hydroxylation is 1. The van der Waals surface area contributed by atoms with Gasteiger partial charge in [-0.3, -0.25) is 0 Å². The van der Waals surface area contributed by atoms with Crippen LogP contribution in [0.25, 0.3) is 0 Å². The highest BCUT2D eigenvalue weighted by atomic mass is 16.5. The summed E-state index contributed by atoms with van der Waals surface area (Å²) in [5.41, 5.74) is 2.80. The van der Waals surface area contributed by atoms with Crippen molar-refractivity contribution in [2.24, 2.45) is 0 Å². The second kappa shape index (κ2) is 10.5. The minimum absolute atomic E-state index is 0.282. The van der Waals surface area contributed by atoms with E-state index in [4.69, 9.17) is 9.84 Å². The Bertz CT molecular complexity index is 649. The van der Waals surface area contributed by atoms with Crippen LogP contribution in [0.4, 0.5) is 0 Å². The third kappa shape index (κ3) is 6.59. The molecule has 4 heteroatoms. The first kappa shape index (κ1) is 19.0. The minimum atomic E-state index is -0.334. The molecule has 0 unspecified atom stereocenters. The molecule has 134 valence electrons. The van der Waals surface area contributed by atoms with Crippen molar-refractivity contribution in [3.63, 3.8) is 0 Å². The first-order valence-corrected chi connectivity index (χ1v) is 8.73. The quantitative estimate of drug-likeness (QED) is 0.521. The summed E-state index contributed by atoms with van der Waals surface area (Å²) in [6, 6.07) is 15.4. The average molecular weight is 342 g/mol. The Labute approximate surface area is 149 Å². The molecule has 0 saturated heterocycles. The molecule has 1 N–H and O–H groups in total. The standard InChI is InChI=1S/C21H26O4/c1-24-21(23)19-12-10-18(11-13-19)16-25-20-9-6-8-17(15-20)7-4-2-3-5-14-22/h6,8-13,15,22H,2-5,7,14,16H2,1H3. The van der Waals surface area contributed by atoms with E-state index in [1.54, 1.807) is 12.1 Å². The van der Waals surface area contributed by atoms with E-state index >= 15 is 0 Å². The second-order valence-electron chi connectivity index (χ2n) is 6.01. The minimum Gasteiger partial charge on any atom is -0.489 e. The predicted octanol–water partition coefficient (Wildman–Crippen LogP) is 4.15. The van der Waals surface area contributed by atoms with Gasteiger partial charge in [0.2, 0.25) is 0 Å². The molecule has 0 radical (unpaired) electrons. The van der Waals surface area contributed by atoms with Crippen LogP contribution in [0.15, 0.2) is 48.5 Å². The summed E-state index contributed by atoms with van der Waals surface area (Å²) >= 11 is 0. The fourth-order valence-electron chi connectivity index (χ4n) is 2.61. The number of aliphatic hydroxyl groups excluding tert-OH is 1. The molecule has 2 rings (SSSR count). The molecule has 0 fully saturated rings. The fourth-order valence-corrected chi connectivity index (χ4v) is 2.61. The van der Waals surface area contributed by atoms with Gasteiger partial charge in [-0.2, -0.15) is 0 Å². The van der Waals surface area contributed by atoms with Crippen LogP contribution < -0.4 is 4.74 Å². The second-order valence-corrected chi connectivity index (χ2v) is 6.01. The summed E-state index contributed by atoms with van der Waals surface area (Å²) in [4.78, 5) is 11.4. The van der Waals surface area contributed by atoms with Crippen LogP contribution in [0.1, 0.15) is 47.2 Å². The van der Waals surface area contributed by atoms with Crippen molar-refractivity contribution in [2.75, 3.05) is 13.7 Å². The van der Waals surface area contributed by atoms with Crippen molar-refractivity contribution in [3.8, 4) is 5.75 Å². The summed E-state index contributed by atoms with van der Waals surface area (Å²) in [6.07, 6.45) is 5.25. The Morgan fingerprint density at radius 2 is 1.72 bits per heavy atom. The third-order valence-electron chi connectivity index (χ3n) is 4.05. The van der Waals surface area contributed by atoms with Crippen LogP contribution in [0, 0.1) is 0 Å². The van der Waals surface area contributed by atoms with Crippen LogP contribution >= 0.6 is 0 Å². The Balaban J connectivity index is 1.82. The van der Waals surface area contributed by atoms with E-state index in [-0.39, 0.29) is 12.6 Å². The highest BCUT2D eigenvalue weighted by molar-refractivity contribution is 5.89. The molecule has 0 bridgehead atoms. The molecule has 4 nitrogen and oxygen atoms in total. The lowest BCUT2D eigenvalue weighted by molar-refractivity contribution is 0.0600. The largest absolute Gasteiger partial charge is 0.489 e. The van der Waals surface area contributed by atoms with Crippen molar-refractivity contribution in [3.05, 3.63) is 65.2 Å². The van der Waals surface area contributed by atoms with Gasteiger partial charge in [0.15, 0.2) is 0 Å². The molecular formula is C21H26O4. The Morgan fingerprint density at radius 1 is 0.960 bits per heavy atom. The topological polar surface area (TPSA) is 55.8 Å². The number of esters is 1. The number of hydrogen-bond acceptors (Lipinski definition) is 4. The van der Waals surface area contributed by atoms with Crippen LogP contribution in [0.2, 0.25) is 0 Å². The van der Waals surface area contributed by atoms with Crippen molar-refractivity contribution >= 4 is 5.97 Å². The first-order valence-electron chi connectivity index (χ1n) is 8.73. The molecule has 0 spiro atoms. The summed E-state index contributed by atoms with van der Waals surface area (Å²) in [5.74, 6) is 0.518. The van der Waals surface area contributed by atoms with Crippen LogP contribution in [0.3, 0.4) is 0 Å². The molecule has 0 saturated carbocycles. The van der Waals surface area contributed by atoms with Gasteiger partial charge < -0.3 is 14.6 Å². The SMILES string of the molecule is COC(=O)c1ccc(COc2cccc(CCCCCCO)c2)cc1. The number of carbonyl (C=O) groups excluding carboxylic acids is 1. The number of carbonyl (C=O) groups is 1. The number of benzene rings is 2. The van der Waals surface area contributed by atoms with E-state index in [2.05, 4.69) is 16.9 Å². The molecular weight excluding hydrogens is 316 g/mol. The zero-order valence-corrected chi connectivity index (χ0v) is 14.7. The molecule has 25 heavy (non-hydrogen) atoms. The Kier molecular flexibility index (Phi) is 7.99. The molecule has 2 aromatic carbocycles. The van der Waals surface area contributed by atoms with Crippen molar-refractivity contribution in [2.45, 2.75) is 38.7 Å². The predicted molar refractivity (Wildman–Crippen MR) is 97.8 cm³/mol. The molecule has 0 atom stereocenters. The van der Waals surface area contributed by atoms with E-state index in [1.165, 1.54) is 12.7 Å². The van der Waals surface area contributed by atoms with Gasteiger partial charge in [-0.05, 0) is 54.7 Å². The van der Waals surface area contributed by atoms with Gasteiger partial charge >= 0.3 is 5.97 Å². The maximum Gasteiger partial charge on any atom is 0.337 e. The lowest BCUT2D eigenvalue weighted by atomic mass is 10.1. The van der Waals surface area contributed by atoms with Gasteiger partial charge in [0, 0.05) is 6.61 Å². The van der Waals surface area contributed by atoms with E-state index < -0.39 is 0 Å². The monoisotopic (exact) mass is 342 g/mol. The van der Waals surface area contributed by atoms with Crippen LogP contribution in [0.5, 0.6) is 5.75 Å². The summed E-state index contributed by atoms with van der Waals surface area (Å²) in [7, 11) is 1.37. The van der Waals surface area contributed by atoms with E-state index in [1.807, 2.05) is 24.3 Å². The number of unbranched alkanes of at least 4 members (excludes halogenated alkanes) is 3. The summed E-state index contributed by atoms with van der Waals surface area (Å²) in [5, 5.41) is 8.79. The summed E-state index contributed by atoms with van der Waals surface area (Å²) in [6.45, 7) is 0.741. The lowest BCUT2D eigenvalue weighted by Gasteiger charge is -2.09. The highest BCUT2D eigenvalue weighted by Gasteiger charge is 2.05. The Morgan fingerprint density at radius 3 is 2.44 bits per heavy atom. The number of hydrogen-bond donors (Lipinski definition) is 1. The lowest BCUT2D eigenvalue weighted by Crippen LogP contribution is -2.02. The maximum atomic E-state index is 11.4. The number of aliphatic hydroxyl groups is 1. The summed E-state index contributed by atoms with van der Waals surface area (Å²) < 4.78 is 10.5. The van der Waals surface area contributed by atoms with Crippen molar-refractivity contribution in [1.29, 1.82) is 0 Å². The first-order chi connectivity index (χ1) is 12.2. The van der Waals surface area contributed by atoms with Crippen LogP contribution in [-0.2, 0) is 17.8 Å². The maximum absolute atomic E-state index is 11.4. The third-order valence-corrected chi connectivity index (χ3v) is 4.05. The van der Waals surface area contributed by atoms with E-state index in [9.17, 15) is 4.79 Å². The number of methoxy groups -OCH3 is 1. The fraction of sp³-hybridized carbons (Fsp3) is 0.381. The number of rotatable bonds is 10. The van der Waals surface area contributed by atoms with Crippen LogP contribution in [-0.4, -0.2) is 24.8 Å². The smallest absolute Gasteiger partial charge is 0.337 e. The van der Waals surface area contributed by atoms with Gasteiger partial charge in [0.1, 0.15) is 12.4 Å². The molecule has 0 aliphatic rings. The molecule has 0 amide bonds. The van der Waals surface area contributed by atoms with E-state index in [0.717, 1.165) is 43.4 Å². The highest BCUT2D eigenvalue weighted by Crippen LogP contribution is 2.17. The molecule has 0 heterocycles. The van der Waals surface area contributed by atoms with Gasteiger partial charge in [-0.25, -0.2) is 4.79 Å². The number of ether oxygens (including phenoxy) is 2. The van der Waals surface area contributed by atoms with Crippen molar-refractivity contribution in [1.82, 2.24) is 0 Å². The Hall–Kier alpha value is -2.33. The van der Waals surface area contributed by atoms with Gasteiger partial charge in [-0.1, -0.05) is 37.1 Å². The average Bonchev–Trinajstić information content (AvgIpc) is 2.66. The molecule has 0 aliphatic heterocycles. The van der Waals surface area contributed by atoms with Crippen molar-refractivity contribution < 1.29 is 19.4 Å². The van der Waals surface area contributed by atoms with Gasteiger partial charge in [-0.15, -0.1) is 0 Å². The molecule has 0 aliphatic carbocycles. The zero-order chi connectivity index (χ0) is 17.9. The molecule has 2 aromatic rings. The van der Waals surface area contributed by atoms with Gasteiger partial charge in [0.05, 0.1) is 12.7 Å². The normalized spacial score (nSPS) is 10.5. The molecule has 0 aromatic heterocycles.